The summed E-state index contributed by atoms with van der Waals surface area (Å²) >= 11 is 3.40. The molecule has 0 amide bonds. The van der Waals surface area contributed by atoms with Gasteiger partial charge in [-0.3, -0.25) is 0 Å². The minimum absolute atomic E-state index is 0.0572. The maximum absolute atomic E-state index is 10.8. The first-order chi connectivity index (χ1) is 10.0. The van der Waals surface area contributed by atoms with Crippen molar-refractivity contribution in [2.45, 2.75) is 19.4 Å². The van der Waals surface area contributed by atoms with Crippen LogP contribution in [0.1, 0.15) is 35.3 Å². The zero-order chi connectivity index (χ0) is 15.4. The quantitative estimate of drug-likeness (QED) is 0.747. The Kier molecular flexibility index (Phi) is 4.85. The summed E-state index contributed by atoms with van der Waals surface area (Å²) in [7, 11) is 0. The van der Waals surface area contributed by atoms with Crippen LogP contribution < -0.4 is 5.32 Å². The summed E-state index contributed by atoms with van der Waals surface area (Å²) < 4.78 is 0.900. The molecule has 0 bridgehead atoms. The lowest BCUT2D eigenvalue weighted by molar-refractivity contribution is 0.0697. The molecule has 0 spiro atoms. The predicted octanol–water partition coefficient (Wildman–Crippen LogP) is 4.42. The van der Waals surface area contributed by atoms with Gasteiger partial charge >= 0.3 is 5.97 Å². The molecule has 2 aromatic carbocycles. The zero-order valence-electron chi connectivity index (χ0n) is 11.5. The number of anilines is 1. The van der Waals surface area contributed by atoms with Gasteiger partial charge in [0.2, 0.25) is 0 Å². The summed E-state index contributed by atoms with van der Waals surface area (Å²) in [5.74, 6) is -0.710. The number of carbonyl (C=O) groups is 1. The highest BCUT2D eigenvalue weighted by atomic mass is 79.9. The average molecular weight is 350 g/mol. The van der Waals surface area contributed by atoms with Crippen molar-refractivity contribution in [3.63, 3.8) is 0 Å². The van der Waals surface area contributed by atoms with E-state index in [1.165, 1.54) is 0 Å². The van der Waals surface area contributed by atoms with E-state index in [2.05, 4.69) is 21.2 Å². The second kappa shape index (κ2) is 6.63. The van der Waals surface area contributed by atoms with E-state index in [4.69, 9.17) is 5.11 Å². The van der Waals surface area contributed by atoms with E-state index in [9.17, 15) is 9.90 Å². The fourth-order valence-corrected chi connectivity index (χ4v) is 2.49. The summed E-state index contributed by atoms with van der Waals surface area (Å²) in [5, 5.41) is 22.2. The van der Waals surface area contributed by atoms with Gasteiger partial charge < -0.3 is 15.5 Å². The molecule has 2 aromatic rings. The van der Waals surface area contributed by atoms with E-state index in [1.54, 1.807) is 36.4 Å². The lowest BCUT2D eigenvalue weighted by Gasteiger charge is -2.20. The van der Waals surface area contributed by atoms with Crippen molar-refractivity contribution in [3.8, 4) is 5.75 Å². The number of carboxylic acid groups (broad SMARTS) is 1. The molecule has 4 nitrogen and oxygen atoms in total. The number of hydrogen-bond donors (Lipinski definition) is 3. The van der Waals surface area contributed by atoms with Crippen LogP contribution in [0, 0.1) is 0 Å². The molecule has 0 aromatic heterocycles. The minimum atomic E-state index is -0.946. The Labute approximate surface area is 131 Å². The van der Waals surface area contributed by atoms with Crippen LogP contribution in [0.15, 0.2) is 46.9 Å². The van der Waals surface area contributed by atoms with Crippen LogP contribution >= 0.6 is 15.9 Å². The Morgan fingerprint density at radius 2 is 1.90 bits per heavy atom. The van der Waals surface area contributed by atoms with Gasteiger partial charge in [-0.1, -0.05) is 22.9 Å². The second-order valence-corrected chi connectivity index (χ2v) is 5.61. The summed E-state index contributed by atoms with van der Waals surface area (Å²) in [6, 6.07) is 11.8. The summed E-state index contributed by atoms with van der Waals surface area (Å²) in [4.78, 5) is 10.8. The van der Waals surface area contributed by atoms with Crippen LogP contribution in [-0.2, 0) is 0 Å². The van der Waals surface area contributed by atoms with Gasteiger partial charge in [0, 0.05) is 15.7 Å². The van der Waals surface area contributed by atoms with Crippen LogP contribution in [0.2, 0.25) is 0 Å². The summed E-state index contributed by atoms with van der Waals surface area (Å²) in [6.07, 6.45) is 0.782. The van der Waals surface area contributed by atoms with E-state index in [-0.39, 0.29) is 17.4 Å². The fourth-order valence-electron chi connectivity index (χ4n) is 2.11. The second-order valence-electron chi connectivity index (χ2n) is 4.69. The smallest absolute Gasteiger partial charge is 0.335 e. The Balaban J connectivity index is 2.22. The number of aromatic carboxylic acids is 1. The number of aromatic hydroxyl groups is 1. The first-order valence-electron chi connectivity index (χ1n) is 6.59. The van der Waals surface area contributed by atoms with Crippen LogP contribution in [-0.4, -0.2) is 16.2 Å². The van der Waals surface area contributed by atoms with Crippen molar-refractivity contribution in [2.24, 2.45) is 0 Å². The van der Waals surface area contributed by atoms with Crippen molar-refractivity contribution in [1.82, 2.24) is 0 Å². The molecule has 110 valence electrons. The topological polar surface area (TPSA) is 69.6 Å². The molecule has 0 heterocycles. The maximum Gasteiger partial charge on any atom is 0.335 e. The van der Waals surface area contributed by atoms with Crippen molar-refractivity contribution < 1.29 is 15.0 Å². The van der Waals surface area contributed by atoms with Gasteiger partial charge in [0.05, 0.1) is 11.6 Å². The van der Waals surface area contributed by atoms with Crippen LogP contribution in [0.5, 0.6) is 5.75 Å². The highest BCUT2D eigenvalue weighted by molar-refractivity contribution is 9.10. The van der Waals surface area contributed by atoms with Gasteiger partial charge in [-0.05, 0) is 48.9 Å². The van der Waals surface area contributed by atoms with Gasteiger partial charge in [0.15, 0.2) is 0 Å². The molecule has 0 radical (unpaired) electrons. The standard InChI is InChI=1S/C16H16BrNO3/c1-2-14(13-9-11(17)5-8-15(13)19)18-12-6-3-10(4-7-12)16(20)21/h3-9,14,18-19H,2H2,1H3,(H,20,21). The molecule has 1 atom stereocenters. The van der Waals surface area contributed by atoms with Gasteiger partial charge in [0.1, 0.15) is 5.75 Å². The van der Waals surface area contributed by atoms with Gasteiger partial charge in [0.25, 0.3) is 0 Å². The molecule has 1 unspecified atom stereocenters. The van der Waals surface area contributed by atoms with Crippen molar-refractivity contribution in [1.29, 1.82) is 0 Å². The van der Waals surface area contributed by atoms with Crippen LogP contribution in [0.25, 0.3) is 0 Å². The minimum Gasteiger partial charge on any atom is -0.508 e. The molecule has 21 heavy (non-hydrogen) atoms. The van der Waals surface area contributed by atoms with Gasteiger partial charge in [-0.15, -0.1) is 0 Å². The SMILES string of the molecule is CCC(Nc1ccc(C(=O)O)cc1)c1cc(Br)ccc1O. The first kappa shape index (κ1) is 15.4. The maximum atomic E-state index is 10.8. The molecule has 0 saturated carbocycles. The predicted molar refractivity (Wildman–Crippen MR) is 85.9 cm³/mol. The van der Waals surface area contributed by atoms with E-state index < -0.39 is 5.97 Å². The first-order valence-corrected chi connectivity index (χ1v) is 7.39. The number of hydrogen-bond acceptors (Lipinski definition) is 3. The third-order valence-electron chi connectivity index (χ3n) is 3.25. The summed E-state index contributed by atoms with van der Waals surface area (Å²) in [6.45, 7) is 2.02. The Hall–Kier alpha value is -2.01. The van der Waals surface area contributed by atoms with Crippen molar-refractivity contribution in [2.75, 3.05) is 5.32 Å². The van der Waals surface area contributed by atoms with Gasteiger partial charge in [-0.25, -0.2) is 4.79 Å². The Bertz CT molecular complexity index is 640. The molecular formula is C16H16BrNO3. The number of rotatable bonds is 5. The normalized spacial score (nSPS) is 11.9. The number of phenolic OH excluding ortho intramolecular Hbond substituents is 1. The number of phenols is 1. The van der Waals surface area contributed by atoms with Crippen LogP contribution in [0.3, 0.4) is 0 Å². The lowest BCUT2D eigenvalue weighted by atomic mass is 10.0. The van der Waals surface area contributed by atoms with Crippen molar-refractivity contribution >= 4 is 27.6 Å². The molecule has 0 aliphatic heterocycles. The molecular weight excluding hydrogens is 334 g/mol. The third kappa shape index (κ3) is 3.76. The molecule has 0 fully saturated rings. The molecule has 2 rings (SSSR count). The number of nitrogens with one attached hydrogen (secondary N) is 1. The third-order valence-corrected chi connectivity index (χ3v) is 3.74. The molecule has 0 saturated heterocycles. The highest BCUT2D eigenvalue weighted by Crippen LogP contribution is 2.31. The summed E-state index contributed by atoms with van der Waals surface area (Å²) in [5.41, 5.74) is 1.86. The number of benzene rings is 2. The number of halogens is 1. The average Bonchev–Trinajstić information content (AvgIpc) is 2.48. The van der Waals surface area contributed by atoms with E-state index >= 15 is 0 Å². The molecule has 3 N–H and O–H groups in total. The van der Waals surface area contributed by atoms with E-state index in [0.29, 0.717) is 0 Å². The van der Waals surface area contributed by atoms with Crippen molar-refractivity contribution in [3.05, 3.63) is 58.1 Å². The monoisotopic (exact) mass is 349 g/mol. The van der Waals surface area contributed by atoms with E-state index in [1.807, 2.05) is 13.0 Å². The zero-order valence-corrected chi connectivity index (χ0v) is 13.1. The lowest BCUT2D eigenvalue weighted by Crippen LogP contribution is -2.10. The highest BCUT2D eigenvalue weighted by Gasteiger charge is 2.14. The van der Waals surface area contributed by atoms with E-state index in [0.717, 1.165) is 22.1 Å². The number of carboxylic acids is 1. The fraction of sp³-hybridized carbons (Fsp3) is 0.188. The molecule has 0 aliphatic rings. The Morgan fingerprint density at radius 1 is 1.24 bits per heavy atom. The Morgan fingerprint density at radius 3 is 2.48 bits per heavy atom. The van der Waals surface area contributed by atoms with Crippen LogP contribution in [0.4, 0.5) is 5.69 Å². The molecule has 0 aliphatic carbocycles. The van der Waals surface area contributed by atoms with Gasteiger partial charge in [-0.2, -0.15) is 0 Å². The largest absolute Gasteiger partial charge is 0.508 e. The molecule has 5 heteroatoms.